The minimum Gasteiger partial charge on any atom is -0.381 e. The molecule has 0 aromatic heterocycles. The van der Waals surface area contributed by atoms with Gasteiger partial charge in [-0.2, -0.15) is 0 Å². The largest absolute Gasteiger partial charge is 0.381 e. The summed E-state index contributed by atoms with van der Waals surface area (Å²) >= 11 is 0. The van der Waals surface area contributed by atoms with Crippen LogP contribution in [-0.4, -0.2) is 13.2 Å². The number of hydrogen-bond donors (Lipinski definition) is 0. The summed E-state index contributed by atoms with van der Waals surface area (Å²) in [6.45, 7) is 10.7. The van der Waals surface area contributed by atoms with E-state index in [0.717, 1.165) is 25.0 Å². The molecule has 1 nitrogen and oxygen atoms in total. The number of hydrogen-bond acceptors (Lipinski definition) is 1. The van der Waals surface area contributed by atoms with Crippen LogP contribution >= 0.6 is 0 Å². The van der Waals surface area contributed by atoms with Gasteiger partial charge < -0.3 is 4.74 Å². The lowest BCUT2D eigenvalue weighted by Crippen LogP contribution is -2.10. The van der Waals surface area contributed by atoms with E-state index in [2.05, 4.69) is 27.7 Å². The van der Waals surface area contributed by atoms with E-state index in [-0.39, 0.29) is 2.85 Å². The van der Waals surface area contributed by atoms with Crippen LogP contribution in [0.4, 0.5) is 0 Å². The quantitative estimate of drug-likeness (QED) is 0.580. The molecule has 0 heterocycles. The molecular formula is C10H26O. The Morgan fingerprint density at radius 3 is 1.64 bits per heavy atom. The molecule has 0 spiro atoms. The maximum absolute atomic E-state index is 5.54. The zero-order chi connectivity index (χ0) is 8.69. The molecular weight excluding hydrogens is 136 g/mol. The highest BCUT2D eigenvalue weighted by atomic mass is 16.5. The van der Waals surface area contributed by atoms with Crippen molar-refractivity contribution in [2.24, 2.45) is 11.8 Å². The third kappa shape index (κ3) is 6.36. The Labute approximate surface area is 74.1 Å². The molecule has 2 atom stereocenters. The van der Waals surface area contributed by atoms with E-state index < -0.39 is 0 Å². The van der Waals surface area contributed by atoms with Crippen LogP contribution in [0, 0.1) is 11.8 Å². The standard InChI is InChI=1S/C10H22O.2H2/c1-5-9(3)7-11-8-10(4)6-2;;/h9-10H,5-8H2,1-4H3;2*1H. The summed E-state index contributed by atoms with van der Waals surface area (Å²) in [5.74, 6) is 1.44. The first-order valence-electron chi connectivity index (χ1n) is 4.78. The highest BCUT2D eigenvalue weighted by Gasteiger charge is 2.01. The third-order valence-electron chi connectivity index (χ3n) is 2.20. The second kappa shape index (κ2) is 6.66. The summed E-state index contributed by atoms with van der Waals surface area (Å²) in [6.07, 6.45) is 2.45. The highest BCUT2D eigenvalue weighted by Crippen LogP contribution is 2.04. The van der Waals surface area contributed by atoms with Crippen LogP contribution in [0.5, 0.6) is 0 Å². The minimum absolute atomic E-state index is 0. The van der Waals surface area contributed by atoms with Gasteiger partial charge in [-0.05, 0) is 11.8 Å². The first kappa shape index (κ1) is 11.0. The van der Waals surface area contributed by atoms with Crippen molar-refractivity contribution in [3.05, 3.63) is 0 Å². The normalized spacial score (nSPS) is 16.4. The topological polar surface area (TPSA) is 9.23 Å². The van der Waals surface area contributed by atoms with Crippen LogP contribution < -0.4 is 0 Å². The summed E-state index contributed by atoms with van der Waals surface area (Å²) in [7, 11) is 0. The Morgan fingerprint density at radius 2 is 1.36 bits per heavy atom. The van der Waals surface area contributed by atoms with Crippen molar-refractivity contribution >= 4 is 0 Å². The van der Waals surface area contributed by atoms with Gasteiger partial charge in [-0.1, -0.05) is 40.5 Å². The maximum atomic E-state index is 5.54. The minimum atomic E-state index is 0. The zero-order valence-corrected chi connectivity index (χ0v) is 8.39. The van der Waals surface area contributed by atoms with Crippen LogP contribution in [0.25, 0.3) is 0 Å². The maximum Gasteiger partial charge on any atom is 0.0491 e. The zero-order valence-electron chi connectivity index (χ0n) is 8.39. The van der Waals surface area contributed by atoms with Crippen molar-refractivity contribution in [2.45, 2.75) is 40.5 Å². The molecule has 0 N–H and O–H groups in total. The van der Waals surface area contributed by atoms with Crippen LogP contribution in [-0.2, 0) is 4.74 Å². The summed E-state index contributed by atoms with van der Waals surface area (Å²) in [5.41, 5.74) is 0. The number of rotatable bonds is 6. The molecule has 2 unspecified atom stereocenters. The molecule has 0 aromatic rings. The van der Waals surface area contributed by atoms with Crippen molar-refractivity contribution in [1.82, 2.24) is 0 Å². The molecule has 1 heteroatoms. The van der Waals surface area contributed by atoms with Gasteiger partial charge in [-0.15, -0.1) is 0 Å². The lowest BCUT2D eigenvalue weighted by atomic mass is 10.1. The first-order chi connectivity index (χ1) is 5.20. The van der Waals surface area contributed by atoms with Crippen LogP contribution in [0.3, 0.4) is 0 Å². The van der Waals surface area contributed by atoms with E-state index in [1.807, 2.05) is 0 Å². The predicted molar refractivity (Wildman–Crippen MR) is 54.0 cm³/mol. The molecule has 0 rings (SSSR count). The smallest absolute Gasteiger partial charge is 0.0491 e. The SMILES string of the molecule is CCC(C)COCC(C)CC.[HH].[HH]. The number of ether oxygens (including phenoxy) is 1. The molecule has 0 saturated carbocycles. The second-order valence-corrected chi connectivity index (χ2v) is 3.56. The summed E-state index contributed by atoms with van der Waals surface area (Å²) < 4.78 is 5.54. The van der Waals surface area contributed by atoms with Gasteiger partial charge in [0, 0.05) is 16.1 Å². The van der Waals surface area contributed by atoms with Gasteiger partial charge in [-0.3, -0.25) is 0 Å². The van der Waals surface area contributed by atoms with Gasteiger partial charge in [0.05, 0.1) is 0 Å². The lowest BCUT2D eigenvalue weighted by molar-refractivity contribution is 0.0780. The van der Waals surface area contributed by atoms with Crippen molar-refractivity contribution in [3.8, 4) is 0 Å². The molecule has 0 fully saturated rings. The first-order valence-corrected chi connectivity index (χ1v) is 4.78. The van der Waals surface area contributed by atoms with E-state index >= 15 is 0 Å². The van der Waals surface area contributed by atoms with Crippen molar-refractivity contribution < 1.29 is 7.59 Å². The Bertz CT molecular complexity index is 79.0. The Kier molecular flexibility index (Phi) is 6.63. The van der Waals surface area contributed by atoms with E-state index in [1.165, 1.54) is 12.8 Å². The summed E-state index contributed by atoms with van der Waals surface area (Å²) in [4.78, 5) is 0. The van der Waals surface area contributed by atoms with E-state index in [4.69, 9.17) is 4.74 Å². The van der Waals surface area contributed by atoms with E-state index in [9.17, 15) is 0 Å². The van der Waals surface area contributed by atoms with Crippen molar-refractivity contribution in [1.29, 1.82) is 0 Å². The fourth-order valence-corrected chi connectivity index (χ4v) is 0.706. The molecule has 0 aliphatic heterocycles. The molecule has 0 aliphatic rings. The second-order valence-electron chi connectivity index (χ2n) is 3.56. The predicted octanol–water partition coefficient (Wildman–Crippen LogP) is 3.59. The van der Waals surface area contributed by atoms with Gasteiger partial charge in [0.15, 0.2) is 0 Å². The Hall–Kier alpha value is -0.0400. The van der Waals surface area contributed by atoms with Gasteiger partial charge in [-0.25, -0.2) is 0 Å². The molecule has 0 saturated heterocycles. The fourth-order valence-electron chi connectivity index (χ4n) is 0.706. The molecule has 0 aliphatic carbocycles. The average Bonchev–Trinajstić information content (AvgIpc) is 2.04. The molecule has 0 radical (unpaired) electrons. The fraction of sp³-hybridized carbons (Fsp3) is 1.00. The Balaban J connectivity index is -0.000000500. The van der Waals surface area contributed by atoms with Gasteiger partial charge in [0.2, 0.25) is 0 Å². The molecule has 0 bridgehead atoms. The average molecular weight is 162 g/mol. The van der Waals surface area contributed by atoms with Crippen LogP contribution in [0.1, 0.15) is 43.4 Å². The van der Waals surface area contributed by atoms with Gasteiger partial charge in [0.1, 0.15) is 0 Å². The monoisotopic (exact) mass is 162 g/mol. The lowest BCUT2D eigenvalue weighted by Gasteiger charge is -2.12. The van der Waals surface area contributed by atoms with Crippen molar-refractivity contribution in [2.75, 3.05) is 13.2 Å². The Morgan fingerprint density at radius 1 is 1.00 bits per heavy atom. The van der Waals surface area contributed by atoms with Crippen LogP contribution in [0.15, 0.2) is 0 Å². The third-order valence-corrected chi connectivity index (χ3v) is 2.20. The molecule has 11 heavy (non-hydrogen) atoms. The molecule has 0 aromatic carbocycles. The van der Waals surface area contributed by atoms with Gasteiger partial charge in [0.25, 0.3) is 0 Å². The van der Waals surface area contributed by atoms with E-state index in [0.29, 0.717) is 0 Å². The highest BCUT2D eigenvalue weighted by molar-refractivity contribution is 4.49. The summed E-state index contributed by atoms with van der Waals surface area (Å²) in [6, 6.07) is 0. The van der Waals surface area contributed by atoms with Gasteiger partial charge >= 0.3 is 0 Å². The molecule has 0 amide bonds. The summed E-state index contributed by atoms with van der Waals surface area (Å²) in [5, 5.41) is 0. The van der Waals surface area contributed by atoms with Crippen LogP contribution in [0.2, 0.25) is 0 Å². The van der Waals surface area contributed by atoms with E-state index in [1.54, 1.807) is 0 Å². The van der Waals surface area contributed by atoms with Crippen molar-refractivity contribution in [3.63, 3.8) is 0 Å². The molecule has 72 valence electrons.